The smallest absolute Gasteiger partial charge is 0.312 e. The average molecular weight is 296 g/mol. The zero-order valence-corrected chi connectivity index (χ0v) is 11.1. The van der Waals surface area contributed by atoms with Crippen LogP contribution < -0.4 is 10.1 Å². The molecule has 7 nitrogen and oxygen atoms in total. The lowest BCUT2D eigenvalue weighted by atomic mass is 10.2. The van der Waals surface area contributed by atoms with Crippen LogP contribution in [0.2, 0.25) is 5.02 Å². The van der Waals surface area contributed by atoms with Crippen molar-refractivity contribution in [3.63, 3.8) is 0 Å². The summed E-state index contributed by atoms with van der Waals surface area (Å²) in [7, 11) is 1.33. The Hall–Kier alpha value is -2.54. The monoisotopic (exact) mass is 295 g/mol. The molecule has 104 valence electrons. The average Bonchev–Trinajstić information content (AvgIpc) is 2.85. The minimum absolute atomic E-state index is 0.121. The molecule has 0 aliphatic carbocycles. The van der Waals surface area contributed by atoms with Gasteiger partial charge in [-0.2, -0.15) is 0 Å². The number of carbonyl (C=O) groups is 1. The van der Waals surface area contributed by atoms with Gasteiger partial charge in [-0.25, -0.2) is 0 Å². The van der Waals surface area contributed by atoms with Gasteiger partial charge in [-0.3, -0.25) is 14.9 Å². The van der Waals surface area contributed by atoms with Crippen molar-refractivity contribution in [3.8, 4) is 5.75 Å². The van der Waals surface area contributed by atoms with Gasteiger partial charge >= 0.3 is 5.69 Å². The van der Waals surface area contributed by atoms with Gasteiger partial charge in [0, 0.05) is 18.0 Å². The second kappa shape index (κ2) is 5.62. The third kappa shape index (κ3) is 2.89. The highest BCUT2D eigenvalue weighted by molar-refractivity contribution is 6.31. The summed E-state index contributed by atoms with van der Waals surface area (Å²) in [5.41, 5.74) is 0.316. The van der Waals surface area contributed by atoms with Crippen LogP contribution in [0.15, 0.2) is 30.5 Å². The topological polar surface area (TPSA) is 97.3 Å². The second-order valence-electron chi connectivity index (χ2n) is 3.83. The van der Waals surface area contributed by atoms with E-state index in [9.17, 15) is 14.9 Å². The number of benzene rings is 1. The number of nitro benzene ring substituents is 1. The lowest BCUT2D eigenvalue weighted by molar-refractivity contribution is -0.385. The van der Waals surface area contributed by atoms with E-state index in [1.165, 1.54) is 37.6 Å². The van der Waals surface area contributed by atoms with Gasteiger partial charge in [0.05, 0.1) is 17.1 Å². The molecule has 0 atom stereocenters. The summed E-state index contributed by atoms with van der Waals surface area (Å²) in [6.45, 7) is 0. The zero-order chi connectivity index (χ0) is 14.7. The van der Waals surface area contributed by atoms with Crippen molar-refractivity contribution >= 4 is 28.9 Å². The predicted octanol–water partition coefficient (Wildman–Crippen LogP) is 2.84. The number of rotatable bonds is 4. The minimum Gasteiger partial charge on any atom is -0.490 e. The first-order valence-corrected chi connectivity index (χ1v) is 5.86. The molecule has 0 aliphatic heterocycles. The fourth-order valence-corrected chi connectivity index (χ4v) is 1.77. The third-order valence-corrected chi connectivity index (χ3v) is 2.74. The number of nitrogens with one attached hydrogen (secondary N) is 2. The molecule has 1 aromatic heterocycles. The van der Waals surface area contributed by atoms with E-state index in [0.717, 1.165) is 0 Å². The number of methoxy groups -OCH3 is 1. The van der Waals surface area contributed by atoms with Gasteiger partial charge in [0.25, 0.3) is 5.91 Å². The maximum absolute atomic E-state index is 11.9. The Morgan fingerprint density at radius 2 is 2.20 bits per heavy atom. The van der Waals surface area contributed by atoms with Crippen molar-refractivity contribution in [2.45, 2.75) is 0 Å². The van der Waals surface area contributed by atoms with Gasteiger partial charge in [0.15, 0.2) is 5.75 Å². The molecule has 0 bridgehead atoms. The highest BCUT2D eigenvalue weighted by Crippen LogP contribution is 2.29. The van der Waals surface area contributed by atoms with E-state index in [4.69, 9.17) is 16.3 Å². The molecule has 8 heteroatoms. The van der Waals surface area contributed by atoms with Gasteiger partial charge < -0.3 is 15.0 Å². The molecule has 2 aromatic rings. The molecule has 0 saturated heterocycles. The Balaban J connectivity index is 2.23. The van der Waals surface area contributed by atoms with Gasteiger partial charge in [0.2, 0.25) is 0 Å². The number of ether oxygens (including phenoxy) is 1. The molecule has 1 heterocycles. The van der Waals surface area contributed by atoms with E-state index in [1.807, 2.05) is 0 Å². The van der Waals surface area contributed by atoms with Crippen LogP contribution in [0.3, 0.4) is 0 Å². The van der Waals surface area contributed by atoms with Crippen LogP contribution in [0.1, 0.15) is 10.5 Å². The summed E-state index contributed by atoms with van der Waals surface area (Å²) in [5, 5.41) is 13.8. The summed E-state index contributed by atoms with van der Waals surface area (Å²) < 4.78 is 4.88. The Morgan fingerprint density at radius 3 is 2.75 bits per heavy atom. The molecular formula is C12H10ClN3O4. The maximum atomic E-state index is 11.9. The number of nitro groups is 1. The Kier molecular flexibility index (Phi) is 3.90. The first kappa shape index (κ1) is 13.9. The van der Waals surface area contributed by atoms with Crippen molar-refractivity contribution in [1.29, 1.82) is 0 Å². The number of hydrogen-bond acceptors (Lipinski definition) is 4. The Morgan fingerprint density at radius 1 is 1.45 bits per heavy atom. The van der Waals surface area contributed by atoms with Crippen LogP contribution >= 0.6 is 11.6 Å². The van der Waals surface area contributed by atoms with Crippen LogP contribution in [0.25, 0.3) is 0 Å². The molecule has 20 heavy (non-hydrogen) atoms. The number of nitrogens with zero attached hydrogens (tertiary/aromatic N) is 1. The van der Waals surface area contributed by atoms with Crippen molar-refractivity contribution in [2.75, 3.05) is 12.4 Å². The summed E-state index contributed by atoms with van der Waals surface area (Å²) in [4.78, 5) is 24.8. The van der Waals surface area contributed by atoms with Gasteiger partial charge in [-0.1, -0.05) is 11.6 Å². The minimum atomic E-state index is -0.583. The second-order valence-corrected chi connectivity index (χ2v) is 4.27. The van der Waals surface area contributed by atoms with Crippen molar-refractivity contribution < 1.29 is 14.5 Å². The molecule has 0 unspecified atom stereocenters. The predicted molar refractivity (Wildman–Crippen MR) is 73.4 cm³/mol. The van der Waals surface area contributed by atoms with Crippen LogP contribution in [-0.2, 0) is 0 Å². The first-order chi connectivity index (χ1) is 9.51. The highest BCUT2D eigenvalue weighted by Gasteiger charge is 2.16. The van der Waals surface area contributed by atoms with Crippen molar-refractivity contribution in [2.24, 2.45) is 0 Å². The van der Waals surface area contributed by atoms with Crippen LogP contribution in [0, 0.1) is 10.1 Å². The standard InChI is InChI=1S/C12H10ClN3O4/c1-20-11-3-2-8(5-10(11)16(18)19)15-12(17)9-4-7(13)6-14-9/h2-6,14H,1H3,(H,15,17). The molecule has 1 aromatic carbocycles. The SMILES string of the molecule is COc1ccc(NC(=O)c2cc(Cl)c[nH]2)cc1[N+](=O)[O-]. The molecule has 0 fully saturated rings. The molecule has 0 aliphatic rings. The van der Waals surface area contributed by atoms with Crippen molar-refractivity contribution in [1.82, 2.24) is 4.98 Å². The fourth-order valence-electron chi connectivity index (χ4n) is 1.61. The highest BCUT2D eigenvalue weighted by atomic mass is 35.5. The molecule has 2 rings (SSSR count). The van der Waals surface area contributed by atoms with Gasteiger partial charge in [-0.15, -0.1) is 0 Å². The van der Waals surface area contributed by atoms with E-state index in [1.54, 1.807) is 0 Å². The lowest BCUT2D eigenvalue weighted by Crippen LogP contribution is -2.12. The summed E-state index contributed by atoms with van der Waals surface area (Å²) in [6, 6.07) is 5.60. The van der Waals surface area contributed by atoms with Crippen LogP contribution in [-0.4, -0.2) is 22.9 Å². The van der Waals surface area contributed by atoms with E-state index >= 15 is 0 Å². The molecule has 0 radical (unpaired) electrons. The first-order valence-electron chi connectivity index (χ1n) is 5.49. The number of hydrogen-bond donors (Lipinski definition) is 2. The van der Waals surface area contributed by atoms with E-state index in [-0.39, 0.29) is 22.8 Å². The fraction of sp³-hybridized carbons (Fsp3) is 0.0833. The normalized spacial score (nSPS) is 10.1. The largest absolute Gasteiger partial charge is 0.490 e. The lowest BCUT2D eigenvalue weighted by Gasteiger charge is -2.06. The quantitative estimate of drug-likeness (QED) is 0.669. The number of H-pyrrole nitrogens is 1. The van der Waals surface area contributed by atoms with Crippen molar-refractivity contribution in [3.05, 3.63) is 51.3 Å². The number of amides is 1. The zero-order valence-electron chi connectivity index (χ0n) is 10.3. The molecule has 2 N–H and O–H groups in total. The maximum Gasteiger partial charge on any atom is 0.312 e. The molecule has 1 amide bonds. The number of halogens is 1. The Labute approximate surface area is 118 Å². The number of aromatic amines is 1. The molecular weight excluding hydrogens is 286 g/mol. The summed E-state index contributed by atoms with van der Waals surface area (Å²) >= 11 is 5.70. The molecule has 0 spiro atoms. The summed E-state index contributed by atoms with van der Waals surface area (Å²) in [5.74, 6) is -0.327. The number of carbonyl (C=O) groups excluding carboxylic acids is 1. The number of anilines is 1. The van der Waals surface area contributed by atoms with E-state index < -0.39 is 10.8 Å². The summed E-state index contributed by atoms with van der Waals surface area (Å²) in [6.07, 6.45) is 1.47. The Bertz CT molecular complexity index is 668. The number of aromatic nitrogens is 1. The third-order valence-electron chi connectivity index (χ3n) is 2.53. The van der Waals surface area contributed by atoms with Gasteiger partial charge in [-0.05, 0) is 18.2 Å². The van der Waals surface area contributed by atoms with Crippen LogP contribution in [0.4, 0.5) is 11.4 Å². The van der Waals surface area contributed by atoms with Gasteiger partial charge in [0.1, 0.15) is 5.69 Å². The van der Waals surface area contributed by atoms with Crippen LogP contribution in [0.5, 0.6) is 5.75 Å². The molecule has 0 saturated carbocycles. The van der Waals surface area contributed by atoms with E-state index in [2.05, 4.69) is 10.3 Å². The van der Waals surface area contributed by atoms with E-state index in [0.29, 0.717) is 5.02 Å².